The highest BCUT2D eigenvalue weighted by Gasteiger charge is 2.64. The van der Waals surface area contributed by atoms with E-state index in [0.29, 0.717) is 5.56 Å². The number of hydrogen-bond acceptors (Lipinski definition) is 5. The summed E-state index contributed by atoms with van der Waals surface area (Å²) in [6.07, 6.45) is 0. The van der Waals surface area contributed by atoms with Crippen LogP contribution < -0.4 is 11.1 Å². The summed E-state index contributed by atoms with van der Waals surface area (Å²) in [5.74, 6) is -1.88. The van der Waals surface area contributed by atoms with E-state index in [0.717, 1.165) is 4.47 Å². The van der Waals surface area contributed by atoms with E-state index >= 15 is 0 Å². The van der Waals surface area contributed by atoms with Gasteiger partial charge in [-0.05, 0) is 31.5 Å². The molecule has 2 heterocycles. The molecule has 9 heteroatoms. The monoisotopic (exact) mass is 427 g/mol. The maximum absolute atomic E-state index is 12.4. The second-order valence-corrected chi connectivity index (χ2v) is 9.30. The Morgan fingerprint density at radius 3 is 2.52 bits per heavy atom. The molecule has 0 saturated carbocycles. The molecule has 4 unspecified atom stereocenters. The smallest absolute Gasteiger partial charge is 0.327 e. The van der Waals surface area contributed by atoms with Crippen LogP contribution in [0.25, 0.3) is 0 Å². The van der Waals surface area contributed by atoms with Crippen molar-refractivity contribution in [3.8, 4) is 0 Å². The summed E-state index contributed by atoms with van der Waals surface area (Å²) in [6.45, 7) is 3.57. The second-order valence-electron chi connectivity index (χ2n) is 6.61. The van der Waals surface area contributed by atoms with Gasteiger partial charge in [-0.2, -0.15) is 0 Å². The summed E-state index contributed by atoms with van der Waals surface area (Å²) in [4.78, 5) is 37.6. The number of halogens is 1. The van der Waals surface area contributed by atoms with Gasteiger partial charge in [0.05, 0.1) is 0 Å². The Bertz CT molecular complexity index is 739. The summed E-state index contributed by atoms with van der Waals surface area (Å²) in [7, 11) is 0. The number of carboxylic acid groups (broad SMARTS) is 1. The Hall–Kier alpha value is -1.58. The van der Waals surface area contributed by atoms with E-state index in [2.05, 4.69) is 21.2 Å². The van der Waals surface area contributed by atoms with Crippen molar-refractivity contribution in [3.05, 3.63) is 34.3 Å². The third-order valence-corrected chi connectivity index (χ3v) is 6.58. The minimum atomic E-state index is -1.04. The van der Waals surface area contributed by atoms with Crippen LogP contribution in [0, 0.1) is 0 Å². The van der Waals surface area contributed by atoms with Gasteiger partial charge in [0.25, 0.3) is 0 Å². The molecule has 2 aliphatic rings. The van der Waals surface area contributed by atoms with Crippen molar-refractivity contribution in [2.24, 2.45) is 5.73 Å². The number of β-lactam (4-membered cyclic amide) rings is 1. The fourth-order valence-electron chi connectivity index (χ4n) is 3.21. The van der Waals surface area contributed by atoms with E-state index in [9.17, 15) is 19.5 Å². The lowest BCUT2D eigenvalue weighted by molar-refractivity contribution is -0.161. The maximum Gasteiger partial charge on any atom is 0.327 e. The molecule has 0 spiro atoms. The molecule has 3 rings (SSSR count). The van der Waals surface area contributed by atoms with Gasteiger partial charge in [-0.25, -0.2) is 4.79 Å². The average molecular weight is 428 g/mol. The topological polar surface area (TPSA) is 113 Å². The number of hydrogen-bond donors (Lipinski definition) is 3. The Balaban J connectivity index is 1.70. The molecule has 0 radical (unpaired) electrons. The Labute approximate surface area is 157 Å². The number of benzene rings is 1. The number of carboxylic acids is 1. The number of nitrogens with zero attached hydrogens (tertiary/aromatic N) is 1. The van der Waals surface area contributed by atoms with Gasteiger partial charge in [0, 0.05) is 9.22 Å². The van der Waals surface area contributed by atoms with Crippen molar-refractivity contribution in [3.63, 3.8) is 0 Å². The number of amides is 2. The van der Waals surface area contributed by atoms with Gasteiger partial charge in [0.2, 0.25) is 11.8 Å². The van der Waals surface area contributed by atoms with Crippen molar-refractivity contribution in [2.45, 2.75) is 42.1 Å². The molecule has 2 aliphatic heterocycles. The normalized spacial score (nSPS) is 28.1. The number of carbonyl (C=O) groups is 3. The summed E-state index contributed by atoms with van der Waals surface area (Å²) < 4.78 is 0.248. The van der Waals surface area contributed by atoms with Gasteiger partial charge in [-0.1, -0.05) is 28.1 Å². The molecule has 1 aromatic carbocycles. The van der Waals surface area contributed by atoms with Crippen LogP contribution >= 0.6 is 27.7 Å². The fourth-order valence-corrected chi connectivity index (χ4v) is 5.10. The van der Waals surface area contributed by atoms with Crippen LogP contribution in [-0.2, 0) is 14.4 Å². The number of nitrogens with one attached hydrogen (secondary N) is 1. The Morgan fingerprint density at radius 2 is 1.96 bits per heavy atom. The average Bonchev–Trinajstić information content (AvgIpc) is 2.80. The van der Waals surface area contributed by atoms with Gasteiger partial charge in [0.1, 0.15) is 23.5 Å². The van der Waals surface area contributed by atoms with E-state index in [1.807, 2.05) is 0 Å². The molecule has 1 aromatic rings. The van der Waals surface area contributed by atoms with Gasteiger partial charge >= 0.3 is 5.97 Å². The third-order valence-electron chi connectivity index (χ3n) is 4.48. The predicted molar refractivity (Wildman–Crippen MR) is 96.7 cm³/mol. The Kier molecular flexibility index (Phi) is 4.59. The van der Waals surface area contributed by atoms with Crippen molar-refractivity contribution >= 4 is 45.5 Å². The highest BCUT2D eigenvalue weighted by atomic mass is 79.9. The molecule has 2 fully saturated rings. The minimum Gasteiger partial charge on any atom is -0.480 e. The van der Waals surface area contributed by atoms with Crippen LogP contribution in [0.15, 0.2) is 28.7 Å². The number of rotatable bonds is 4. The molecule has 4 N–H and O–H groups in total. The lowest BCUT2D eigenvalue weighted by atomic mass is 9.95. The van der Waals surface area contributed by atoms with Gasteiger partial charge < -0.3 is 21.1 Å². The SMILES string of the molecule is CC1(C)SC2C(NC(=O)C(N)c3ccc(Br)cc3)C(=O)N2C1C(=O)O. The molecule has 0 bridgehead atoms. The van der Waals surface area contributed by atoms with Crippen molar-refractivity contribution in [1.29, 1.82) is 0 Å². The van der Waals surface area contributed by atoms with Gasteiger partial charge in [0.15, 0.2) is 0 Å². The largest absolute Gasteiger partial charge is 0.480 e. The first-order valence-corrected chi connectivity index (χ1v) is 9.35. The van der Waals surface area contributed by atoms with Crippen LogP contribution in [0.1, 0.15) is 25.5 Å². The zero-order chi connectivity index (χ0) is 18.5. The quantitative estimate of drug-likeness (QED) is 0.619. The van der Waals surface area contributed by atoms with Crippen LogP contribution in [0.3, 0.4) is 0 Å². The molecular weight excluding hydrogens is 410 g/mol. The summed E-state index contributed by atoms with van der Waals surface area (Å²) in [5, 5.41) is 11.7. The molecule has 2 saturated heterocycles. The molecule has 134 valence electrons. The highest BCUT2D eigenvalue weighted by Crippen LogP contribution is 2.50. The van der Waals surface area contributed by atoms with E-state index in [4.69, 9.17) is 5.73 Å². The number of carbonyl (C=O) groups excluding carboxylic acids is 2. The number of thioether (sulfide) groups is 1. The zero-order valence-electron chi connectivity index (χ0n) is 13.6. The standard InChI is InChI=1S/C16H18BrN3O4S/c1-16(2)11(15(23)24)20-13(22)10(14(20)25-16)19-12(21)9(18)7-3-5-8(17)6-4-7/h3-6,9-11,14H,18H2,1-2H3,(H,19,21)(H,23,24). The van der Waals surface area contributed by atoms with E-state index in [-0.39, 0.29) is 11.3 Å². The van der Waals surface area contributed by atoms with E-state index in [1.54, 1.807) is 38.1 Å². The summed E-state index contributed by atoms with van der Waals surface area (Å²) >= 11 is 4.70. The molecule has 4 atom stereocenters. The molecule has 2 amide bonds. The van der Waals surface area contributed by atoms with Crippen LogP contribution in [0.4, 0.5) is 0 Å². The molecule has 0 aromatic heterocycles. The Morgan fingerprint density at radius 1 is 1.36 bits per heavy atom. The molecule has 0 aliphatic carbocycles. The number of fused-ring (bicyclic) bond motifs is 1. The van der Waals surface area contributed by atoms with Gasteiger partial charge in [-0.3, -0.25) is 9.59 Å². The third kappa shape index (κ3) is 3.04. The van der Waals surface area contributed by atoms with Crippen molar-refractivity contribution in [2.75, 3.05) is 0 Å². The van der Waals surface area contributed by atoms with Crippen molar-refractivity contribution in [1.82, 2.24) is 10.2 Å². The lowest BCUT2D eigenvalue weighted by Crippen LogP contribution is -2.71. The second kappa shape index (κ2) is 6.30. The van der Waals surface area contributed by atoms with E-state index < -0.39 is 34.7 Å². The number of nitrogens with two attached hydrogens (primary N) is 1. The zero-order valence-corrected chi connectivity index (χ0v) is 16.0. The maximum atomic E-state index is 12.4. The first-order chi connectivity index (χ1) is 11.6. The summed E-state index contributed by atoms with van der Waals surface area (Å²) in [5.41, 5.74) is 6.61. The van der Waals surface area contributed by atoms with E-state index in [1.165, 1.54) is 16.7 Å². The lowest BCUT2D eigenvalue weighted by Gasteiger charge is -2.43. The predicted octanol–water partition coefficient (Wildman–Crippen LogP) is 1.08. The minimum absolute atomic E-state index is 0.383. The van der Waals surface area contributed by atoms with Crippen LogP contribution in [-0.4, -0.2) is 50.0 Å². The molecule has 7 nitrogen and oxygen atoms in total. The fraction of sp³-hybridized carbons (Fsp3) is 0.438. The molecular formula is C16H18BrN3O4S. The molecule has 25 heavy (non-hydrogen) atoms. The van der Waals surface area contributed by atoms with Crippen molar-refractivity contribution < 1.29 is 19.5 Å². The van der Waals surface area contributed by atoms with Crippen LogP contribution in [0.5, 0.6) is 0 Å². The highest BCUT2D eigenvalue weighted by molar-refractivity contribution is 9.10. The summed E-state index contributed by atoms with van der Waals surface area (Å²) in [6, 6.07) is 4.49. The first-order valence-electron chi connectivity index (χ1n) is 7.67. The van der Waals surface area contributed by atoms with Gasteiger partial charge in [-0.15, -0.1) is 11.8 Å². The number of aliphatic carboxylic acids is 1. The first kappa shape index (κ1) is 18.2. The van der Waals surface area contributed by atoms with Crippen LogP contribution in [0.2, 0.25) is 0 Å².